The summed E-state index contributed by atoms with van der Waals surface area (Å²) >= 11 is 0. The smallest absolute Gasteiger partial charge is 0.389 e. The van der Waals surface area contributed by atoms with Gasteiger partial charge in [-0.15, -0.1) is 4.58 Å². The van der Waals surface area contributed by atoms with Gasteiger partial charge in [0.05, 0.1) is 6.92 Å². The Balaban J connectivity index is 2.59. The molecule has 1 aromatic rings. The lowest BCUT2D eigenvalue weighted by molar-refractivity contribution is -0.357. The van der Waals surface area contributed by atoms with Crippen molar-refractivity contribution >= 4 is 23.8 Å². The van der Waals surface area contributed by atoms with E-state index in [2.05, 4.69) is 0 Å². The van der Waals surface area contributed by atoms with Crippen LogP contribution in [0.2, 0.25) is 0 Å². The molecule has 1 amide bonds. The Hall–Kier alpha value is -1.97. The number of amides is 1. The van der Waals surface area contributed by atoms with E-state index in [9.17, 15) is 9.59 Å². The molecule has 1 N–H and O–H groups in total. The summed E-state index contributed by atoms with van der Waals surface area (Å²) in [4.78, 5) is 22.2. The molecule has 0 spiro atoms. The quantitative estimate of drug-likeness (QED) is 0.697. The standard InChI is InChI=1S/C11H9NO3/c1-7(13)12-6-9(11(14)15)8-4-2-3-5-10(8)12/h2-6,9H,1H3/p+1. The van der Waals surface area contributed by atoms with Crippen molar-refractivity contribution in [3.05, 3.63) is 29.8 Å². The van der Waals surface area contributed by atoms with Crippen LogP contribution >= 0.6 is 0 Å². The Bertz CT molecular complexity index is 476. The van der Waals surface area contributed by atoms with Gasteiger partial charge in [-0.2, -0.15) is 0 Å². The van der Waals surface area contributed by atoms with E-state index in [1.807, 2.05) is 0 Å². The normalized spacial score (nSPS) is 18.2. The highest BCUT2D eigenvalue weighted by Gasteiger charge is 2.37. The molecule has 4 nitrogen and oxygen atoms in total. The molecule has 0 fully saturated rings. The molecule has 15 heavy (non-hydrogen) atoms. The van der Waals surface area contributed by atoms with Gasteiger partial charge in [-0.3, -0.25) is 4.79 Å². The third-order valence-electron chi connectivity index (χ3n) is 2.43. The summed E-state index contributed by atoms with van der Waals surface area (Å²) in [5.74, 6) is -1.83. The number of carboxylic acids is 1. The van der Waals surface area contributed by atoms with Crippen molar-refractivity contribution in [2.75, 3.05) is 0 Å². The number of aliphatic carboxylic acids is 1. The topological polar surface area (TPSA) is 57.4 Å². The number of fused-ring (bicyclic) bond motifs is 1. The first-order chi connectivity index (χ1) is 7.11. The van der Waals surface area contributed by atoms with E-state index >= 15 is 0 Å². The van der Waals surface area contributed by atoms with Gasteiger partial charge in [0, 0.05) is 11.6 Å². The van der Waals surface area contributed by atoms with Gasteiger partial charge in [0.25, 0.3) is 0 Å². The van der Waals surface area contributed by atoms with Gasteiger partial charge in [0.15, 0.2) is 12.1 Å². The number of benzene rings is 1. The SMILES string of the molecule is CC(=O)[N+]1=CC(C(=O)O)c2ccccc21. The second-order valence-corrected chi connectivity index (χ2v) is 3.41. The van der Waals surface area contributed by atoms with Crippen molar-refractivity contribution in [3.8, 4) is 0 Å². The molecular formula is C11H10NO3+. The first-order valence-corrected chi connectivity index (χ1v) is 4.58. The lowest BCUT2D eigenvalue weighted by atomic mass is 10.0. The molecule has 0 aliphatic carbocycles. The minimum absolute atomic E-state index is 0.175. The zero-order chi connectivity index (χ0) is 11.0. The van der Waals surface area contributed by atoms with E-state index in [-0.39, 0.29) is 5.91 Å². The van der Waals surface area contributed by atoms with Gasteiger partial charge >= 0.3 is 11.9 Å². The fourth-order valence-corrected chi connectivity index (χ4v) is 1.75. The van der Waals surface area contributed by atoms with E-state index in [4.69, 9.17) is 5.11 Å². The van der Waals surface area contributed by atoms with Crippen molar-refractivity contribution in [1.29, 1.82) is 0 Å². The van der Waals surface area contributed by atoms with Crippen LogP contribution in [0.4, 0.5) is 5.69 Å². The highest BCUT2D eigenvalue weighted by atomic mass is 16.4. The summed E-state index contributed by atoms with van der Waals surface area (Å²) in [7, 11) is 0. The number of hydrogen-bond acceptors (Lipinski definition) is 2. The molecule has 76 valence electrons. The van der Waals surface area contributed by atoms with Crippen molar-refractivity contribution in [2.45, 2.75) is 12.8 Å². The molecule has 0 saturated heterocycles. The molecule has 1 atom stereocenters. The van der Waals surface area contributed by atoms with E-state index in [1.165, 1.54) is 17.7 Å². The molecule has 1 heterocycles. The number of nitrogens with zero attached hydrogens (tertiary/aromatic N) is 1. The third kappa shape index (κ3) is 1.44. The van der Waals surface area contributed by atoms with E-state index < -0.39 is 11.9 Å². The van der Waals surface area contributed by atoms with Crippen molar-refractivity contribution in [1.82, 2.24) is 0 Å². The lowest BCUT2D eigenvalue weighted by Crippen LogP contribution is -2.14. The van der Waals surface area contributed by atoms with Crippen LogP contribution in [0.15, 0.2) is 24.3 Å². The highest BCUT2D eigenvalue weighted by Crippen LogP contribution is 2.31. The highest BCUT2D eigenvalue weighted by molar-refractivity contribution is 5.99. The number of carboxylic acid groups (broad SMARTS) is 1. The van der Waals surface area contributed by atoms with Crippen LogP contribution in [0.5, 0.6) is 0 Å². The second-order valence-electron chi connectivity index (χ2n) is 3.41. The minimum Gasteiger partial charge on any atom is -0.480 e. The largest absolute Gasteiger partial charge is 0.480 e. The Labute approximate surface area is 86.5 Å². The predicted octanol–water partition coefficient (Wildman–Crippen LogP) is 1.13. The molecule has 0 aromatic heterocycles. The minimum atomic E-state index is -0.939. The van der Waals surface area contributed by atoms with Gasteiger partial charge in [-0.1, -0.05) is 18.2 Å². The number of hydrogen-bond donors (Lipinski definition) is 1. The van der Waals surface area contributed by atoms with Crippen LogP contribution in [-0.2, 0) is 9.59 Å². The number of carbonyl (C=O) groups is 2. The molecule has 4 heteroatoms. The van der Waals surface area contributed by atoms with Crippen LogP contribution in [0.25, 0.3) is 0 Å². The van der Waals surface area contributed by atoms with Crippen LogP contribution < -0.4 is 0 Å². The summed E-state index contributed by atoms with van der Waals surface area (Å²) in [6, 6.07) is 7.03. The van der Waals surface area contributed by atoms with Gasteiger partial charge in [0.2, 0.25) is 5.69 Å². The van der Waals surface area contributed by atoms with Gasteiger partial charge in [0.1, 0.15) is 0 Å². The molecule has 1 unspecified atom stereocenters. The molecular weight excluding hydrogens is 194 g/mol. The maximum atomic E-state index is 11.3. The molecule has 1 aliphatic heterocycles. The molecule has 2 rings (SSSR count). The fraction of sp³-hybridized carbons (Fsp3) is 0.182. The predicted molar refractivity (Wildman–Crippen MR) is 53.5 cm³/mol. The van der Waals surface area contributed by atoms with Crippen molar-refractivity contribution in [3.63, 3.8) is 0 Å². The van der Waals surface area contributed by atoms with Crippen molar-refractivity contribution in [2.24, 2.45) is 0 Å². The van der Waals surface area contributed by atoms with E-state index in [0.717, 1.165) is 0 Å². The van der Waals surface area contributed by atoms with E-state index in [1.54, 1.807) is 24.3 Å². The first-order valence-electron chi connectivity index (χ1n) is 4.58. The molecule has 0 bridgehead atoms. The summed E-state index contributed by atoms with van der Waals surface area (Å²) in [6.07, 6.45) is 1.44. The van der Waals surface area contributed by atoms with Crippen LogP contribution in [-0.4, -0.2) is 27.8 Å². The molecule has 0 saturated carbocycles. The van der Waals surface area contributed by atoms with Gasteiger partial charge in [-0.05, 0) is 0 Å². The Morgan fingerprint density at radius 3 is 2.60 bits per heavy atom. The summed E-state index contributed by atoms with van der Waals surface area (Å²) in [5.41, 5.74) is 1.33. The van der Waals surface area contributed by atoms with E-state index in [0.29, 0.717) is 11.3 Å². The third-order valence-corrected chi connectivity index (χ3v) is 2.43. The maximum Gasteiger partial charge on any atom is 0.389 e. The zero-order valence-corrected chi connectivity index (χ0v) is 8.18. The Morgan fingerprint density at radius 1 is 1.33 bits per heavy atom. The van der Waals surface area contributed by atoms with Crippen molar-refractivity contribution < 1.29 is 19.3 Å². The lowest BCUT2D eigenvalue weighted by Gasteiger charge is -1.97. The average molecular weight is 204 g/mol. The molecule has 1 aromatic carbocycles. The van der Waals surface area contributed by atoms with Crippen LogP contribution in [0, 0.1) is 0 Å². The van der Waals surface area contributed by atoms with Crippen LogP contribution in [0.1, 0.15) is 18.4 Å². The summed E-state index contributed by atoms with van der Waals surface area (Å²) < 4.78 is 1.38. The number of rotatable bonds is 1. The fourth-order valence-electron chi connectivity index (χ4n) is 1.75. The monoisotopic (exact) mass is 204 g/mol. The molecule has 0 radical (unpaired) electrons. The average Bonchev–Trinajstić information content (AvgIpc) is 2.56. The Morgan fingerprint density at radius 2 is 2.00 bits per heavy atom. The summed E-state index contributed by atoms with van der Waals surface area (Å²) in [6.45, 7) is 1.41. The number of para-hydroxylation sites is 1. The van der Waals surface area contributed by atoms with Crippen LogP contribution in [0.3, 0.4) is 0 Å². The summed E-state index contributed by atoms with van der Waals surface area (Å²) in [5, 5.41) is 8.99. The Kier molecular flexibility index (Phi) is 2.11. The maximum absolute atomic E-state index is 11.3. The number of carbonyl (C=O) groups excluding carboxylic acids is 1. The zero-order valence-electron chi connectivity index (χ0n) is 8.18. The van der Waals surface area contributed by atoms with Gasteiger partial charge in [-0.25, -0.2) is 4.79 Å². The first kappa shape index (κ1) is 9.58. The second kappa shape index (κ2) is 3.31. The molecule has 1 aliphatic rings. The van der Waals surface area contributed by atoms with Gasteiger partial charge < -0.3 is 5.11 Å².